The first kappa shape index (κ1) is 16.1. The summed E-state index contributed by atoms with van der Waals surface area (Å²) in [5, 5.41) is 0. The predicted octanol–water partition coefficient (Wildman–Crippen LogP) is 4.17. The Hall–Kier alpha value is -2.31. The van der Waals surface area contributed by atoms with Gasteiger partial charge >= 0.3 is 6.18 Å². The molecule has 0 atom stereocenters. The summed E-state index contributed by atoms with van der Waals surface area (Å²) >= 11 is 0. The van der Waals surface area contributed by atoms with Crippen LogP contribution in [0.25, 0.3) is 0 Å². The van der Waals surface area contributed by atoms with Crippen molar-refractivity contribution >= 4 is 0 Å². The Morgan fingerprint density at radius 1 is 1.09 bits per heavy atom. The molecule has 0 aliphatic rings. The van der Waals surface area contributed by atoms with E-state index in [1.165, 1.54) is 20.1 Å². The molecule has 1 heterocycles. The summed E-state index contributed by atoms with van der Waals surface area (Å²) in [7, 11) is 1.47. The van der Waals surface area contributed by atoms with Gasteiger partial charge in [-0.3, -0.25) is 0 Å². The monoisotopic (exact) mass is 312 g/mol. The zero-order valence-electron chi connectivity index (χ0n) is 12.4. The van der Waals surface area contributed by atoms with Crippen LogP contribution in [0.4, 0.5) is 13.2 Å². The molecule has 0 saturated carbocycles. The Kier molecular flexibility index (Phi) is 4.54. The van der Waals surface area contributed by atoms with Gasteiger partial charge in [-0.15, -0.1) is 0 Å². The third-order valence-electron chi connectivity index (χ3n) is 2.94. The van der Waals surface area contributed by atoms with Gasteiger partial charge in [0.2, 0.25) is 11.7 Å². The molecule has 0 aliphatic heterocycles. The highest BCUT2D eigenvalue weighted by atomic mass is 19.4. The molecule has 22 heavy (non-hydrogen) atoms. The molecule has 2 rings (SSSR count). The van der Waals surface area contributed by atoms with E-state index in [9.17, 15) is 13.2 Å². The molecule has 0 unspecified atom stereocenters. The van der Waals surface area contributed by atoms with Crippen molar-refractivity contribution in [3.63, 3.8) is 0 Å². The Morgan fingerprint density at radius 3 is 2.41 bits per heavy atom. The number of ether oxygens (including phenoxy) is 2. The summed E-state index contributed by atoms with van der Waals surface area (Å²) < 4.78 is 48.8. The summed E-state index contributed by atoms with van der Waals surface area (Å²) in [6.07, 6.45) is -3.82. The molecule has 2 aromatic rings. The van der Waals surface area contributed by atoms with E-state index in [-0.39, 0.29) is 11.6 Å². The molecule has 7 heteroatoms. The largest absolute Gasteiger partial charge is 0.493 e. The van der Waals surface area contributed by atoms with Gasteiger partial charge in [0.15, 0.2) is 11.5 Å². The SMILES string of the molecule is CCc1ccc(Oc2cc(C)nc(C(F)(F)F)n2)c(OC)c1. The van der Waals surface area contributed by atoms with E-state index in [2.05, 4.69) is 9.97 Å². The summed E-state index contributed by atoms with van der Waals surface area (Å²) in [6.45, 7) is 3.43. The Balaban J connectivity index is 2.37. The topological polar surface area (TPSA) is 44.2 Å². The minimum absolute atomic E-state index is 0.168. The van der Waals surface area contributed by atoms with Crippen molar-refractivity contribution in [3.8, 4) is 17.4 Å². The van der Waals surface area contributed by atoms with Crippen LogP contribution in [0.15, 0.2) is 24.3 Å². The molecule has 0 spiro atoms. The number of hydrogen-bond acceptors (Lipinski definition) is 4. The zero-order chi connectivity index (χ0) is 16.3. The van der Waals surface area contributed by atoms with Crippen molar-refractivity contribution in [3.05, 3.63) is 41.3 Å². The van der Waals surface area contributed by atoms with Crippen LogP contribution in [-0.4, -0.2) is 17.1 Å². The smallest absolute Gasteiger partial charge is 0.451 e. The number of benzene rings is 1. The van der Waals surface area contributed by atoms with Gasteiger partial charge in [-0.1, -0.05) is 13.0 Å². The van der Waals surface area contributed by atoms with E-state index in [4.69, 9.17) is 9.47 Å². The normalized spacial score (nSPS) is 11.4. The number of aromatic nitrogens is 2. The lowest BCUT2D eigenvalue weighted by Crippen LogP contribution is -2.12. The fourth-order valence-electron chi connectivity index (χ4n) is 1.85. The molecule has 0 N–H and O–H groups in total. The highest BCUT2D eigenvalue weighted by molar-refractivity contribution is 5.44. The van der Waals surface area contributed by atoms with Crippen molar-refractivity contribution < 1.29 is 22.6 Å². The molecule has 118 valence electrons. The fraction of sp³-hybridized carbons (Fsp3) is 0.333. The van der Waals surface area contributed by atoms with Crippen LogP contribution in [0.2, 0.25) is 0 Å². The van der Waals surface area contributed by atoms with E-state index in [1.54, 1.807) is 12.1 Å². The molecular formula is C15H15F3N2O2. The maximum absolute atomic E-state index is 12.7. The van der Waals surface area contributed by atoms with E-state index in [1.807, 2.05) is 13.0 Å². The van der Waals surface area contributed by atoms with Gasteiger partial charge in [0.05, 0.1) is 7.11 Å². The first-order chi connectivity index (χ1) is 10.3. The van der Waals surface area contributed by atoms with Crippen LogP contribution >= 0.6 is 0 Å². The second kappa shape index (κ2) is 6.21. The standard InChI is InChI=1S/C15H15F3N2O2/c1-4-10-5-6-11(12(8-10)21-3)22-13-7-9(2)19-14(20-13)15(16,17)18/h5-8H,4H2,1-3H3. The van der Waals surface area contributed by atoms with Crippen LogP contribution < -0.4 is 9.47 Å². The van der Waals surface area contributed by atoms with E-state index in [0.717, 1.165) is 12.0 Å². The van der Waals surface area contributed by atoms with Gasteiger partial charge in [0.25, 0.3) is 0 Å². The molecule has 4 nitrogen and oxygen atoms in total. The average Bonchev–Trinajstić information content (AvgIpc) is 2.46. The number of aryl methyl sites for hydroxylation is 2. The van der Waals surface area contributed by atoms with Crippen LogP contribution in [-0.2, 0) is 12.6 Å². The minimum atomic E-state index is -4.62. The number of rotatable bonds is 4. The number of hydrogen-bond donors (Lipinski definition) is 0. The molecule has 0 bridgehead atoms. The first-order valence-electron chi connectivity index (χ1n) is 6.61. The molecule has 0 amide bonds. The van der Waals surface area contributed by atoms with Gasteiger partial charge in [-0.25, -0.2) is 4.98 Å². The first-order valence-corrected chi connectivity index (χ1v) is 6.61. The second-order valence-electron chi connectivity index (χ2n) is 4.61. The van der Waals surface area contributed by atoms with E-state index >= 15 is 0 Å². The van der Waals surface area contributed by atoms with Crippen LogP contribution in [0, 0.1) is 6.92 Å². The summed E-state index contributed by atoms with van der Waals surface area (Å²) in [4.78, 5) is 6.77. The number of nitrogens with zero attached hydrogens (tertiary/aromatic N) is 2. The maximum atomic E-state index is 12.7. The molecule has 0 radical (unpaired) electrons. The molecule has 0 fully saturated rings. The molecule has 1 aromatic heterocycles. The number of halogens is 3. The van der Waals surface area contributed by atoms with Crippen LogP contribution in [0.1, 0.15) is 24.0 Å². The van der Waals surface area contributed by atoms with Crippen molar-refractivity contribution in [1.82, 2.24) is 9.97 Å². The summed E-state index contributed by atoms with van der Waals surface area (Å²) in [6, 6.07) is 6.56. The Morgan fingerprint density at radius 2 is 1.82 bits per heavy atom. The Labute approximate surface area is 125 Å². The molecular weight excluding hydrogens is 297 g/mol. The highest BCUT2D eigenvalue weighted by Gasteiger charge is 2.35. The molecule has 0 aliphatic carbocycles. The van der Waals surface area contributed by atoms with Crippen molar-refractivity contribution in [2.75, 3.05) is 7.11 Å². The van der Waals surface area contributed by atoms with Crippen molar-refractivity contribution in [2.45, 2.75) is 26.4 Å². The summed E-state index contributed by atoms with van der Waals surface area (Å²) in [5.74, 6) is -0.677. The third-order valence-corrected chi connectivity index (χ3v) is 2.94. The van der Waals surface area contributed by atoms with Gasteiger partial charge < -0.3 is 9.47 Å². The number of alkyl halides is 3. The summed E-state index contributed by atoms with van der Waals surface area (Å²) in [5.41, 5.74) is 1.19. The maximum Gasteiger partial charge on any atom is 0.451 e. The van der Waals surface area contributed by atoms with Gasteiger partial charge in [-0.2, -0.15) is 18.2 Å². The lowest BCUT2D eigenvalue weighted by Gasteiger charge is -2.12. The van der Waals surface area contributed by atoms with Gasteiger partial charge in [0.1, 0.15) is 0 Å². The molecule has 1 aromatic carbocycles. The van der Waals surface area contributed by atoms with Crippen LogP contribution in [0.5, 0.6) is 17.4 Å². The third kappa shape index (κ3) is 3.66. The van der Waals surface area contributed by atoms with E-state index < -0.39 is 12.0 Å². The van der Waals surface area contributed by atoms with Crippen molar-refractivity contribution in [2.24, 2.45) is 0 Å². The Bertz CT molecular complexity index is 672. The van der Waals surface area contributed by atoms with Crippen molar-refractivity contribution in [1.29, 1.82) is 0 Å². The highest BCUT2D eigenvalue weighted by Crippen LogP contribution is 2.33. The predicted molar refractivity (Wildman–Crippen MR) is 74.2 cm³/mol. The van der Waals surface area contributed by atoms with E-state index in [0.29, 0.717) is 11.5 Å². The fourth-order valence-corrected chi connectivity index (χ4v) is 1.85. The lowest BCUT2D eigenvalue weighted by molar-refractivity contribution is -0.145. The molecule has 0 saturated heterocycles. The second-order valence-corrected chi connectivity index (χ2v) is 4.61. The number of methoxy groups -OCH3 is 1. The minimum Gasteiger partial charge on any atom is -0.493 e. The van der Waals surface area contributed by atoms with Gasteiger partial charge in [-0.05, 0) is 31.0 Å². The zero-order valence-corrected chi connectivity index (χ0v) is 12.4. The van der Waals surface area contributed by atoms with Crippen LogP contribution in [0.3, 0.4) is 0 Å². The average molecular weight is 312 g/mol. The lowest BCUT2D eigenvalue weighted by atomic mass is 10.1. The quantitative estimate of drug-likeness (QED) is 0.850. The van der Waals surface area contributed by atoms with Gasteiger partial charge in [0, 0.05) is 11.8 Å².